The number of carbonyl (C=O) groups is 2. The molecular weight excluding hydrogens is 448 g/mol. The summed E-state index contributed by atoms with van der Waals surface area (Å²) in [6, 6.07) is 17.5. The van der Waals surface area contributed by atoms with Crippen molar-refractivity contribution in [3.05, 3.63) is 59.7 Å². The Morgan fingerprint density at radius 3 is 2.00 bits per heavy atom. The van der Waals surface area contributed by atoms with Crippen LogP contribution in [-0.4, -0.2) is 23.4 Å². The fourth-order valence-corrected chi connectivity index (χ4v) is 7.41. The van der Waals surface area contributed by atoms with Crippen molar-refractivity contribution in [3.8, 4) is 0 Å². The molecule has 2 atom stereocenters. The van der Waals surface area contributed by atoms with Crippen LogP contribution in [0.2, 0.25) is 0 Å². The monoisotopic (exact) mass is 484 g/mol. The first-order chi connectivity index (χ1) is 16.0. The SMILES string of the molecule is COC(=O)CCCCCC[C@@H]1C(=O)CC[C@H]1C(Sc1ccc(C)cc1)Sc1ccc(C)cc1. The standard InChI is InChI=1S/C28H36O3S2/c1-20-10-14-22(15-11-20)32-28(33-23-16-12-21(2)13-17-23)25-18-19-26(29)24(25)8-6-4-5-7-9-27(30)31-3/h10-17,24-25,28H,4-9,18-19H2,1-3H3/t24-,25+/m0/s1. The molecule has 3 nitrogen and oxygen atoms in total. The summed E-state index contributed by atoms with van der Waals surface area (Å²) in [7, 11) is 1.44. The molecule has 5 heteroatoms. The van der Waals surface area contributed by atoms with Gasteiger partial charge < -0.3 is 4.74 Å². The van der Waals surface area contributed by atoms with Crippen LogP contribution < -0.4 is 0 Å². The number of methoxy groups -OCH3 is 1. The van der Waals surface area contributed by atoms with Crippen molar-refractivity contribution in [2.45, 2.75) is 79.6 Å². The fraction of sp³-hybridized carbons (Fsp3) is 0.500. The van der Waals surface area contributed by atoms with Gasteiger partial charge in [0.05, 0.1) is 11.7 Å². The van der Waals surface area contributed by atoms with E-state index in [-0.39, 0.29) is 11.9 Å². The highest BCUT2D eigenvalue weighted by Gasteiger charge is 2.39. The van der Waals surface area contributed by atoms with E-state index in [1.54, 1.807) is 0 Å². The Hall–Kier alpha value is -1.72. The lowest BCUT2D eigenvalue weighted by Crippen LogP contribution is -2.22. The van der Waals surface area contributed by atoms with E-state index in [9.17, 15) is 9.59 Å². The van der Waals surface area contributed by atoms with Crippen LogP contribution in [-0.2, 0) is 14.3 Å². The number of hydrogen-bond acceptors (Lipinski definition) is 5. The van der Waals surface area contributed by atoms with Crippen molar-refractivity contribution in [3.63, 3.8) is 0 Å². The summed E-state index contributed by atoms with van der Waals surface area (Å²) in [4.78, 5) is 26.7. The van der Waals surface area contributed by atoms with E-state index < -0.39 is 0 Å². The number of rotatable bonds is 12. The summed E-state index contributed by atoms with van der Waals surface area (Å²) < 4.78 is 5.03. The number of benzene rings is 2. The van der Waals surface area contributed by atoms with Crippen molar-refractivity contribution in [1.82, 2.24) is 0 Å². The number of hydrogen-bond donors (Lipinski definition) is 0. The number of thioether (sulfide) groups is 2. The molecule has 0 aliphatic heterocycles. The first-order valence-electron chi connectivity index (χ1n) is 12.0. The quantitative estimate of drug-likeness (QED) is 0.134. The Bertz CT molecular complexity index is 845. The predicted octanol–water partition coefficient (Wildman–Crippen LogP) is 7.62. The van der Waals surface area contributed by atoms with Gasteiger partial charge in [-0.2, -0.15) is 0 Å². The second-order valence-electron chi connectivity index (χ2n) is 9.03. The van der Waals surface area contributed by atoms with E-state index in [4.69, 9.17) is 4.74 Å². The minimum atomic E-state index is -0.134. The highest BCUT2D eigenvalue weighted by atomic mass is 32.2. The van der Waals surface area contributed by atoms with Crippen LogP contribution in [0.3, 0.4) is 0 Å². The molecule has 2 aromatic rings. The number of esters is 1. The van der Waals surface area contributed by atoms with Gasteiger partial charge >= 0.3 is 5.97 Å². The van der Waals surface area contributed by atoms with Crippen molar-refractivity contribution in [2.75, 3.05) is 7.11 Å². The van der Waals surface area contributed by atoms with Gasteiger partial charge in [-0.25, -0.2) is 0 Å². The number of ketones is 1. The lowest BCUT2D eigenvalue weighted by atomic mass is 9.91. The first kappa shape index (κ1) is 25.9. The fourth-order valence-electron chi connectivity index (χ4n) is 4.43. The lowest BCUT2D eigenvalue weighted by molar-refractivity contribution is -0.140. The summed E-state index contributed by atoms with van der Waals surface area (Å²) in [6.07, 6.45) is 7.13. The third-order valence-corrected chi connectivity index (χ3v) is 9.25. The van der Waals surface area contributed by atoms with Gasteiger partial charge in [0.2, 0.25) is 0 Å². The molecule has 33 heavy (non-hydrogen) atoms. The summed E-state index contributed by atoms with van der Waals surface area (Å²) in [6.45, 7) is 4.23. The van der Waals surface area contributed by atoms with Crippen LogP contribution in [0.25, 0.3) is 0 Å². The smallest absolute Gasteiger partial charge is 0.305 e. The molecule has 0 aromatic heterocycles. The topological polar surface area (TPSA) is 43.4 Å². The molecule has 0 amide bonds. The van der Waals surface area contributed by atoms with Crippen LogP contribution in [0.1, 0.15) is 62.5 Å². The highest BCUT2D eigenvalue weighted by molar-refractivity contribution is 8.17. The molecule has 0 heterocycles. The molecule has 1 aliphatic rings. The predicted molar refractivity (Wildman–Crippen MR) is 139 cm³/mol. The minimum absolute atomic E-state index is 0.134. The van der Waals surface area contributed by atoms with Crippen LogP contribution in [0, 0.1) is 25.7 Å². The van der Waals surface area contributed by atoms with Gasteiger partial charge in [-0.3, -0.25) is 9.59 Å². The van der Waals surface area contributed by atoms with Gasteiger partial charge in [0.25, 0.3) is 0 Å². The van der Waals surface area contributed by atoms with E-state index in [1.807, 2.05) is 23.5 Å². The van der Waals surface area contributed by atoms with Gasteiger partial charge in [0.15, 0.2) is 0 Å². The van der Waals surface area contributed by atoms with Crippen LogP contribution in [0.5, 0.6) is 0 Å². The lowest BCUT2D eigenvalue weighted by Gasteiger charge is -2.27. The van der Waals surface area contributed by atoms with Gasteiger partial charge in [-0.1, -0.05) is 54.7 Å². The maximum atomic E-state index is 12.9. The molecule has 1 fully saturated rings. The molecule has 0 saturated heterocycles. The number of ether oxygens (including phenoxy) is 1. The Kier molecular flexibility index (Phi) is 10.4. The van der Waals surface area contributed by atoms with Crippen LogP contribution in [0.4, 0.5) is 0 Å². The summed E-state index contributed by atoms with van der Waals surface area (Å²) >= 11 is 3.82. The highest BCUT2D eigenvalue weighted by Crippen LogP contribution is 2.48. The average Bonchev–Trinajstić information content (AvgIpc) is 3.18. The van der Waals surface area contributed by atoms with Crippen LogP contribution >= 0.6 is 23.5 Å². The van der Waals surface area contributed by atoms with E-state index in [1.165, 1.54) is 28.0 Å². The molecule has 0 radical (unpaired) electrons. The summed E-state index contributed by atoms with van der Waals surface area (Å²) in [5.41, 5.74) is 2.53. The maximum Gasteiger partial charge on any atom is 0.305 e. The summed E-state index contributed by atoms with van der Waals surface area (Å²) in [5, 5.41) is 0. The zero-order chi connectivity index (χ0) is 23.6. The van der Waals surface area contributed by atoms with Crippen molar-refractivity contribution in [1.29, 1.82) is 0 Å². The second kappa shape index (κ2) is 13.2. The molecule has 0 unspecified atom stereocenters. The van der Waals surface area contributed by atoms with E-state index >= 15 is 0 Å². The number of carbonyl (C=O) groups excluding carboxylic acids is 2. The third kappa shape index (κ3) is 8.22. The Balaban J connectivity index is 1.64. The Morgan fingerprint density at radius 1 is 0.909 bits per heavy atom. The van der Waals surface area contributed by atoms with E-state index in [2.05, 4.69) is 62.4 Å². The minimum Gasteiger partial charge on any atom is -0.469 e. The molecular formula is C28H36O3S2. The zero-order valence-corrected chi connectivity index (χ0v) is 21.7. The first-order valence-corrected chi connectivity index (χ1v) is 13.8. The molecule has 178 valence electrons. The van der Waals surface area contributed by atoms with Crippen molar-refractivity contribution in [2.24, 2.45) is 11.8 Å². The van der Waals surface area contributed by atoms with E-state index in [0.717, 1.165) is 38.5 Å². The van der Waals surface area contributed by atoms with Gasteiger partial charge in [-0.15, -0.1) is 23.5 Å². The zero-order valence-electron chi connectivity index (χ0n) is 20.0. The molecule has 0 N–H and O–H groups in total. The Labute approximate surface area is 207 Å². The molecule has 1 aliphatic carbocycles. The van der Waals surface area contributed by atoms with Gasteiger partial charge in [-0.05, 0) is 63.3 Å². The average molecular weight is 485 g/mol. The number of Topliss-reactive ketones (excluding diaryl/α,β-unsaturated/α-hetero) is 1. The second-order valence-corrected chi connectivity index (χ2v) is 11.8. The van der Waals surface area contributed by atoms with E-state index in [0.29, 0.717) is 29.1 Å². The molecule has 3 rings (SSSR count). The molecule has 0 bridgehead atoms. The maximum absolute atomic E-state index is 12.9. The normalized spacial score (nSPS) is 18.1. The number of aryl methyl sites for hydroxylation is 2. The number of unbranched alkanes of at least 4 members (excludes halogenated alkanes) is 3. The van der Waals surface area contributed by atoms with Crippen LogP contribution in [0.15, 0.2) is 58.3 Å². The molecule has 0 spiro atoms. The molecule has 2 aromatic carbocycles. The largest absolute Gasteiger partial charge is 0.469 e. The van der Waals surface area contributed by atoms with Crippen molar-refractivity contribution < 1.29 is 14.3 Å². The van der Waals surface area contributed by atoms with Gasteiger partial charge in [0.1, 0.15) is 5.78 Å². The summed E-state index contributed by atoms with van der Waals surface area (Å²) in [5.74, 6) is 0.829. The third-order valence-electron chi connectivity index (χ3n) is 6.42. The van der Waals surface area contributed by atoms with Gasteiger partial charge in [0, 0.05) is 28.6 Å². The molecule has 1 saturated carbocycles. The Morgan fingerprint density at radius 2 is 1.45 bits per heavy atom. The van der Waals surface area contributed by atoms with Crippen molar-refractivity contribution >= 4 is 35.3 Å².